The largest absolute Gasteiger partial charge is 0.287 e. The molecule has 1 aromatic carbocycles. The Morgan fingerprint density at radius 2 is 1.87 bits per heavy atom. The summed E-state index contributed by atoms with van der Waals surface area (Å²) in [6, 6.07) is 1.45. The topological polar surface area (TPSA) is 34.1 Å². The molecule has 0 aliphatic rings. The second kappa shape index (κ2) is 4.72. The predicted octanol–water partition coefficient (Wildman–Crippen LogP) is 2.98. The van der Waals surface area contributed by atoms with E-state index in [0.717, 1.165) is 6.07 Å². The molecule has 15 heavy (non-hydrogen) atoms. The van der Waals surface area contributed by atoms with Crippen molar-refractivity contribution in [3.8, 4) is 0 Å². The zero-order valence-corrected chi connectivity index (χ0v) is 9.09. The van der Waals surface area contributed by atoms with Crippen LogP contribution >= 0.6 is 23.4 Å². The molecule has 80 valence electrons. The van der Waals surface area contributed by atoms with Crippen molar-refractivity contribution in [1.82, 2.24) is 0 Å². The van der Waals surface area contributed by atoms with Crippen LogP contribution in [0.25, 0.3) is 0 Å². The number of carbonyl (C=O) groups is 2. The van der Waals surface area contributed by atoms with Crippen LogP contribution in [0.2, 0.25) is 0 Å². The van der Waals surface area contributed by atoms with Gasteiger partial charge in [0.05, 0.1) is 10.5 Å². The maximum Gasteiger partial charge on any atom is 0.255 e. The van der Waals surface area contributed by atoms with E-state index in [2.05, 4.69) is 0 Å². The minimum absolute atomic E-state index is 0.118. The number of hydrogen-bond acceptors (Lipinski definition) is 3. The number of thioether (sulfide) groups is 1. The summed E-state index contributed by atoms with van der Waals surface area (Å²) in [7, 11) is 0. The van der Waals surface area contributed by atoms with Crippen molar-refractivity contribution >= 4 is 33.7 Å². The average molecular weight is 251 g/mol. The van der Waals surface area contributed by atoms with Gasteiger partial charge in [0.1, 0.15) is 11.6 Å². The third-order valence-corrected chi connectivity index (χ3v) is 2.51. The summed E-state index contributed by atoms with van der Waals surface area (Å²) in [5, 5.41) is -1.40. The number of halogens is 3. The van der Waals surface area contributed by atoms with Crippen LogP contribution < -0.4 is 0 Å². The van der Waals surface area contributed by atoms with Crippen molar-refractivity contribution < 1.29 is 18.4 Å². The molecule has 0 amide bonds. The van der Waals surface area contributed by atoms with E-state index in [-0.39, 0.29) is 10.0 Å². The molecule has 0 aliphatic heterocycles. The van der Waals surface area contributed by atoms with Crippen LogP contribution in [-0.2, 0) is 4.79 Å². The number of carbonyl (C=O) groups excluding carboxylic acids is 2. The fourth-order valence-corrected chi connectivity index (χ4v) is 1.70. The molecule has 1 rings (SSSR count). The van der Waals surface area contributed by atoms with Crippen LogP contribution in [0.5, 0.6) is 0 Å². The zero-order chi connectivity index (χ0) is 11.6. The standard InChI is InChI=1S/C9H5ClF2O2S/c1-4(13)15-8-2-5(9(10)14)6(11)3-7(8)12/h2-3H,1H3. The molecule has 0 heterocycles. The molecule has 0 saturated heterocycles. The summed E-state index contributed by atoms with van der Waals surface area (Å²) in [5.41, 5.74) is -0.443. The molecule has 0 aromatic heterocycles. The summed E-state index contributed by atoms with van der Waals surface area (Å²) in [5.74, 6) is -1.94. The number of rotatable bonds is 2. The lowest BCUT2D eigenvalue weighted by Gasteiger charge is -2.03. The van der Waals surface area contributed by atoms with Gasteiger partial charge >= 0.3 is 0 Å². The van der Waals surface area contributed by atoms with Gasteiger partial charge in [0.25, 0.3) is 5.24 Å². The smallest absolute Gasteiger partial charge is 0.255 e. The van der Waals surface area contributed by atoms with Crippen molar-refractivity contribution in [2.75, 3.05) is 0 Å². The van der Waals surface area contributed by atoms with Gasteiger partial charge in [-0.05, 0) is 29.4 Å². The first-order chi connectivity index (χ1) is 6.91. The highest BCUT2D eigenvalue weighted by Crippen LogP contribution is 2.26. The Morgan fingerprint density at radius 1 is 1.27 bits per heavy atom. The highest BCUT2D eigenvalue weighted by Gasteiger charge is 2.15. The minimum atomic E-state index is -1.04. The van der Waals surface area contributed by atoms with Crippen LogP contribution in [0.4, 0.5) is 8.78 Å². The van der Waals surface area contributed by atoms with Gasteiger partial charge in [0, 0.05) is 13.0 Å². The molecule has 0 N–H and O–H groups in total. The first-order valence-corrected chi connectivity index (χ1v) is 4.98. The second-order valence-electron chi connectivity index (χ2n) is 2.63. The molecule has 1 aromatic rings. The van der Waals surface area contributed by atoms with Gasteiger partial charge in [-0.2, -0.15) is 0 Å². The van der Waals surface area contributed by atoms with E-state index in [4.69, 9.17) is 11.6 Å². The number of hydrogen-bond donors (Lipinski definition) is 0. The highest BCUT2D eigenvalue weighted by molar-refractivity contribution is 8.13. The molecule has 0 bridgehead atoms. The normalized spacial score (nSPS) is 10.1. The summed E-state index contributed by atoms with van der Waals surface area (Å²) in [6.45, 7) is 1.23. The van der Waals surface area contributed by atoms with Gasteiger partial charge in [-0.15, -0.1) is 0 Å². The predicted molar refractivity (Wildman–Crippen MR) is 53.1 cm³/mol. The fraction of sp³-hybridized carbons (Fsp3) is 0.111. The van der Waals surface area contributed by atoms with Crippen LogP contribution in [-0.4, -0.2) is 10.4 Å². The Balaban J connectivity index is 3.23. The van der Waals surface area contributed by atoms with Crippen molar-refractivity contribution in [2.45, 2.75) is 11.8 Å². The van der Waals surface area contributed by atoms with Crippen LogP contribution in [0.1, 0.15) is 17.3 Å². The summed E-state index contributed by atoms with van der Waals surface area (Å²) < 4.78 is 26.1. The molecule has 0 atom stereocenters. The first-order valence-electron chi connectivity index (χ1n) is 3.79. The van der Waals surface area contributed by atoms with Gasteiger partial charge < -0.3 is 0 Å². The van der Waals surface area contributed by atoms with E-state index in [1.54, 1.807) is 0 Å². The lowest BCUT2D eigenvalue weighted by molar-refractivity contribution is -0.109. The molecular formula is C9H5ClF2O2S. The average Bonchev–Trinajstić information content (AvgIpc) is 2.08. The Bertz CT molecular complexity index is 434. The van der Waals surface area contributed by atoms with Gasteiger partial charge in [0.15, 0.2) is 5.12 Å². The molecule has 0 radical (unpaired) electrons. The van der Waals surface area contributed by atoms with E-state index in [1.165, 1.54) is 6.92 Å². The van der Waals surface area contributed by atoms with Gasteiger partial charge in [-0.1, -0.05) is 0 Å². The molecule has 0 fully saturated rings. The fourth-order valence-electron chi connectivity index (χ4n) is 0.913. The molecule has 0 saturated carbocycles. The molecular weight excluding hydrogens is 246 g/mol. The van der Waals surface area contributed by atoms with Gasteiger partial charge in [-0.25, -0.2) is 8.78 Å². The second-order valence-corrected chi connectivity index (χ2v) is 4.19. The zero-order valence-electron chi connectivity index (χ0n) is 7.51. The van der Waals surface area contributed by atoms with E-state index < -0.39 is 22.4 Å². The SMILES string of the molecule is CC(=O)Sc1cc(C(=O)Cl)c(F)cc1F. The van der Waals surface area contributed by atoms with Crippen molar-refractivity contribution in [3.05, 3.63) is 29.3 Å². The quantitative estimate of drug-likeness (QED) is 0.598. The summed E-state index contributed by atoms with van der Waals surface area (Å²) in [6.07, 6.45) is 0. The van der Waals surface area contributed by atoms with E-state index in [0.29, 0.717) is 17.8 Å². The maximum atomic E-state index is 13.1. The van der Waals surface area contributed by atoms with E-state index in [1.807, 2.05) is 0 Å². The molecule has 0 aliphatic carbocycles. The Hall–Kier alpha value is -0.940. The van der Waals surface area contributed by atoms with Crippen molar-refractivity contribution in [2.24, 2.45) is 0 Å². The molecule has 6 heteroatoms. The van der Waals surface area contributed by atoms with E-state index >= 15 is 0 Å². The Labute approximate surface area is 93.6 Å². The summed E-state index contributed by atoms with van der Waals surface area (Å²) >= 11 is 5.65. The minimum Gasteiger partial charge on any atom is -0.287 e. The summed E-state index contributed by atoms with van der Waals surface area (Å²) in [4.78, 5) is 21.3. The monoisotopic (exact) mass is 250 g/mol. The Morgan fingerprint density at radius 3 is 2.33 bits per heavy atom. The molecule has 2 nitrogen and oxygen atoms in total. The van der Waals surface area contributed by atoms with Crippen molar-refractivity contribution in [3.63, 3.8) is 0 Å². The molecule has 0 spiro atoms. The Kier molecular flexibility index (Phi) is 3.82. The first kappa shape index (κ1) is 12.1. The third kappa shape index (κ3) is 3.00. The highest BCUT2D eigenvalue weighted by atomic mass is 35.5. The van der Waals surface area contributed by atoms with Gasteiger partial charge in [0.2, 0.25) is 0 Å². The molecule has 0 unspecified atom stereocenters. The van der Waals surface area contributed by atoms with Crippen LogP contribution in [0.3, 0.4) is 0 Å². The lowest BCUT2D eigenvalue weighted by atomic mass is 10.2. The van der Waals surface area contributed by atoms with E-state index in [9.17, 15) is 18.4 Å². The number of benzene rings is 1. The van der Waals surface area contributed by atoms with Crippen LogP contribution in [0, 0.1) is 11.6 Å². The van der Waals surface area contributed by atoms with Gasteiger partial charge in [-0.3, -0.25) is 9.59 Å². The van der Waals surface area contributed by atoms with Crippen LogP contribution in [0.15, 0.2) is 17.0 Å². The third-order valence-electron chi connectivity index (χ3n) is 1.49. The lowest BCUT2D eigenvalue weighted by Crippen LogP contribution is -1.98. The maximum absolute atomic E-state index is 13.1. The van der Waals surface area contributed by atoms with Crippen molar-refractivity contribution in [1.29, 1.82) is 0 Å².